The van der Waals surface area contributed by atoms with E-state index in [4.69, 9.17) is 4.74 Å². The Bertz CT molecular complexity index is 1460. The molecule has 210 valence electrons. The van der Waals surface area contributed by atoms with Crippen LogP contribution in [0, 0.1) is 0 Å². The monoisotopic (exact) mass is 545 g/mol. The standard InChI is InChI=1S/C31H35N3O6/c35-26-15-13-24(25-14-16-28(37)33-30(25)26)27(36)20-32-17-6-1-2-7-18-40-23-12-8-11-22(19-23)29(34-31(38)39)21-9-4-3-5-10-21/h3-5,8-16,19,27,29,32,34-36H,1-2,6-7,17-18,20H2,(H,33,37)(H,38,39)/t27-,29?/m1/s1. The van der Waals surface area contributed by atoms with Crippen LogP contribution in [0.2, 0.25) is 0 Å². The molecule has 0 radical (unpaired) electrons. The molecule has 4 aromatic rings. The summed E-state index contributed by atoms with van der Waals surface area (Å²) in [4.78, 5) is 25.6. The number of fused-ring (bicyclic) bond motifs is 1. The van der Waals surface area contributed by atoms with Crippen LogP contribution in [0.3, 0.4) is 0 Å². The molecule has 1 unspecified atom stereocenters. The number of hydrogen-bond acceptors (Lipinski definition) is 6. The van der Waals surface area contributed by atoms with E-state index in [0.29, 0.717) is 35.4 Å². The molecular formula is C31H35N3O6. The maximum absolute atomic E-state index is 11.6. The van der Waals surface area contributed by atoms with Gasteiger partial charge in [-0.3, -0.25) is 4.79 Å². The molecule has 0 fully saturated rings. The number of ether oxygens (including phenoxy) is 1. The topological polar surface area (TPSA) is 144 Å². The number of phenols is 1. The minimum atomic E-state index is -1.09. The molecule has 0 aliphatic carbocycles. The van der Waals surface area contributed by atoms with Gasteiger partial charge in [-0.05, 0) is 60.3 Å². The number of aromatic nitrogens is 1. The average molecular weight is 546 g/mol. The van der Waals surface area contributed by atoms with Gasteiger partial charge in [0.2, 0.25) is 5.56 Å². The number of aromatic amines is 1. The van der Waals surface area contributed by atoms with Gasteiger partial charge >= 0.3 is 6.09 Å². The van der Waals surface area contributed by atoms with Crippen LogP contribution < -0.4 is 20.9 Å². The van der Waals surface area contributed by atoms with Crippen LogP contribution in [0.5, 0.6) is 11.5 Å². The Hall–Kier alpha value is -4.34. The Labute approximate surface area is 232 Å². The average Bonchev–Trinajstić information content (AvgIpc) is 2.96. The van der Waals surface area contributed by atoms with Crippen LogP contribution in [0.15, 0.2) is 83.7 Å². The number of benzene rings is 3. The Kier molecular flexibility index (Phi) is 10.1. The Morgan fingerprint density at radius 2 is 1.68 bits per heavy atom. The third kappa shape index (κ3) is 7.84. The molecule has 0 saturated carbocycles. The summed E-state index contributed by atoms with van der Waals surface area (Å²) in [6.07, 6.45) is 1.98. The van der Waals surface area contributed by atoms with Crippen LogP contribution >= 0.6 is 0 Å². The Morgan fingerprint density at radius 1 is 0.900 bits per heavy atom. The summed E-state index contributed by atoms with van der Waals surface area (Å²) in [5.41, 5.74) is 2.33. The molecule has 4 rings (SSSR count). The molecule has 9 nitrogen and oxygen atoms in total. The molecule has 1 aromatic heterocycles. The first kappa shape index (κ1) is 28.7. The molecule has 0 bridgehead atoms. The van der Waals surface area contributed by atoms with Crippen LogP contribution in [-0.4, -0.2) is 46.1 Å². The molecule has 6 N–H and O–H groups in total. The lowest BCUT2D eigenvalue weighted by Crippen LogP contribution is -2.27. The third-order valence-corrected chi connectivity index (χ3v) is 6.71. The lowest BCUT2D eigenvalue weighted by molar-refractivity contribution is 0.176. The van der Waals surface area contributed by atoms with Crippen LogP contribution in [-0.2, 0) is 0 Å². The van der Waals surface area contributed by atoms with Gasteiger partial charge in [0.15, 0.2) is 0 Å². The van der Waals surface area contributed by atoms with Crippen LogP contribution in [0.4, 0.5) is 4.79 Å². The van der Waals surface area contributed by atoms with Crippen molar-refractivity contribution >= 4 is 17.0 Å². The van der Waals surface area contributed by atoms with Gasteiger partial charge < -0.3 is 35.7 Å². The largest absolute Gasteiger partial charge is 0.506 e. The Morgan fingerprint density at radius 3 is 2.48 bits per heavy atom. The summed E-state index contributed by atoms with van der Waals surface area (Å²) >= 11 is 0. The fraction of sp³-hybridized carbons (Fsp3) is 0.290. The van der Waals surface area contributed by atoms with E-state index in [-0.39, 0.29) is 11.3 Å². The predicted molar refractivity (Wildman–Crippen MR) is 154 cm³/mol. The van der Waals surface area contributed by atoms with Gasteiger partial charge in [0.05, 0.1) is 24.3 Å². The molecule has 2 atom stereocenters. The number of unbranched alkanes of at least 4 members (excludes halogenated alkanes) is 3. The van der Waals surface area contributed by atoms with Crippen molar-refractivity contribution in [3.63, 3.8) is 0 Å². The summed E-state index contributed by atoms with van der Waals surface area (Å²) < 4.78 is 5.93. The second-order valence-corrected chi connectivity index (χ2v) is 9.63. The van der Waals surface area contributed by atoms with Gasteiger partial charge in [0.1, 0.15) is 11.5 Å². The fourth-order valence-corrected chi connectivity index (χ4v) is 4.71. The molecule has 40 heavy (non-hydrogen) atoms. The van der Waals surface area contributed by atoms with Crippen molar-refractivity contribution in [2.75, 3.05) is 19.7 Å². The van der Waals surface area contributed by atoms with E-state index in [1.54, 1.807) is 12.1 Å². The molecule has 0 aliphatic rings. The maximum Gasteiger partial charge on any atom is 0.405 e. The van der Waals surface area contributed by atoms with Gasteiger partial charge in [-0.2, -0.15) is 0 Å². The van der Waals surface area contributed by atoms with Gasteiger partial charge in [0.25, 0.3) is 0 Å². The van der Waals surface area contributed by atoms with E-state index in [2.05, 4.69) is 15.6 Å². The second-order valence-electron chi connectivity index (χ2n) is 9.63. The Balaban J connectivity index is 1.16. The number of amides is 1. The van der Waals surface area contributed by atoms with E-state index in [1.807, 2.05) is 54.6 Å². The van der Waals surface area contributed by atoms with Crippen molar-refractivity contribution in [1.29, 1.82) is 0 Å². The number of pyridine rings is 1. The predicted octanol–water partition coefficient (Wildman–Crippen LogP) is 4.85. The van der Waals surface area contributed by atoms with E-state index in [0.717, 1.165) is 43.4 Å². The molecular weight excluding hydrogens is 510 g/mol. The third-order valence-electron chi connectivity index (χ3n) is 6.71. The zero-order valence-electron chi connectivity index (χ0n) is 22.2. The molecule has 1 heterocycles. The van der Waals surface area contributed by atoms with E-state index in [9.17, 15) is 24.9 Å². The van der Waals surface area contributed by atoms with Crippen molar-refractivity contribution in [3.8, 4) is 11.5 Å². The van der Waals surface area contributed by atoms with Crippen molar-refractivity contribution in [2.24, 2.45) is 0 Å². The first-order chi connectivity index (χ1) is 19.4. The molecule has 3 aromatic carbocycles. The minimum Gasteiger partial charge on any atom is -0.506 e. The summed E-state index contributed by atoms with van der Waals surface area (Å²) in [7, 11) is 0. The number of aliphatic hydroxyl groups is 1. The van der Waals surface area contributed by atoms with Crippen molar-refractivity contribution in [3.05, 3.63) is 106 Å². The number of phenolic OH excluding ortho intramolecular Hbond substituents is 1. The van der Waals surface area contributed by atoms with E-state index < -0.39 is 18.2 Å². The van der Waals surface area contributed by atoms with E-state index >= 15 is 0 Å². The number of hydrogen-bond donors (Lipinski definition) is 6. The molecule has 9 heteroatoms. The number of aromatic hydroxyl groups is 1. The summed E-state index contributed by atoms with van der Waals surface area (Å²) in [5.74, 6) is 0.673. The zero-order valence-corrected chi connectivity index (χ0v) is 22.2. The first-order valence-corrected chi connectivity index (χ1v) is 13.4. The highest BCUT2D eigenvalue weighted by Gasteiger charge is 2.17. The second kappa shape index (κ2) is 14.2. The molecule has 1 amide bonds. The maximum atomic E-state index is 11.6. The fourth-order valence-electron chi connectivity index (χ4n) is 4.71. The van der Waals surface area contributed by atoms with Crippen LogP contribution in [0.25, 0.3) is 10.9 Å². The van der Waals surface area contributed by atoms with Crippen molar-refractivity contribution in [1.82, 2.24) is 15.6 Å². The summed E-state index contributed by atoms with van der Waals surface area (Å²) in [5, 5.41) is 36.4. The highest BCUT2D eigenvalue weighted by Crippen LogP contribution is 2.28. The SMILES string of the molecule is O=C(O)NC(c1ccccc1)c1cccc(OCCCCCCNC[C@@H](O)c2ccc(O)c3[nH]c(=O)ccc23)c1. The van der Waals surface area contributed by atoms with Gasteiger partial charge in [-0.1, -0.05) is 61.4 Å². The smallest absolute Gasteiger partial charge is 0.405 e. The summed E-state index contributed by atoms with van der Waals surface area (Å²) in [6.45, 7) is 1.68. The number of carbonyl (C=O) groups is 1. The molecule has 0 spiro atoms. The zero-order chi connectivity index (χ0) is 28.3. The lowest BCUT2D eigenvalue weighted by Gasteiger charge is -2.19. The number of nitrogens with one attached hydrogen (secondary N) is 3. The minimum absolute atomic E-state index is 0.0279. The highest BCUT2D eigenvalue weighted by atomic mass is 16.5. The van der Waals surface area contributed by atoms with Crippen LogP contribution in [0.1, 0.15) is 54.5 Å². The molecule has 0 aliphatic heterocycles. The quantitative estimate of drug-likeness (QED) is 0.124. The molecule has 0 saturated heterocycles. The van der Waals surface area contributed by atoms with Gasteiger partial charge in [-0.15, -0.1) is 0 Å². The van der Waals surface area contributed by atoms with Gasteiger partial charge in [0, 0.05) is 18.0 Å². The number of H-pyrrole nitrogens is 1. The lowest BCUT2D eigenvalue weighted by atomic mass is 9.98. The number of carboxylic acid groups (broad SMARTS) is 1. The van der Waals surface area contributed by atoms with E-state index in [1.165, 1.54) is 12.1 Å². The number of rotatable bonds is 14. The van der Waals surface area contributed by atoms with Crippen molar-refractivity contribution in [2.45, 2.75) is 37.8 Å². The van der Waals surface area contributed by atoms with Gasteiger partial charge in [-0.25, -0.2) is 4.79 Å². The summed E-state index contributed by atoms with van der Waals surface area (Å²) in [6, 6.07) is 22.6. The highest BCUT2D eigenvalue weighted by molar-refractivity contribution is 5.87. The first-order valence-electron chi connectivity index (χ1n) is 13.4. The number of aliphatic hydroxyl groups excluding tert-OH is 1. The normalized spacial score (nSPS) is 12.6. The van der Waals surface area contributed by atoms with Crippen molar-refractivity contribution < 1.29 is 24.9 Å².